The maximum Gasteiger partial charge on any atom is 0.223 e. The largest absolute Gasteiger partial charge is 0.497 e. The van der Waals surface area contributed by atoms with E-state index in [1.807, 2.05) is 35.2 Å². The lowest BCUT2D eigenvalue weighted by molar-refractivity contribution is -0.157. The smallest absolute Gasteiger partial charge is 0.223 e. The Bertz CT molecular complexity index is 816. The minimum atomic E-state index is -0.134. The van der Waals surface area contributed by atoms with Crippen LogP contribution in [0.4, 0.5) is 0 Å². The molecule has 1 unspecified atom stereocenters. The Morgan fingerprint density at radius 1 is 1.14 bits per heavy atom. The van der Waals surface area contributed by atoms with E-state index in [1.54, 1.807) is 7.11 Å². The number of carbonyl (C=O) groups is 1. The second-order valence-electron chi connectivity index (χ2n) is 8.35. The van der Waals surface area contributed by atoms with Crippen molar-refractivity contribution in [3.05, 3.63) is 65.7 Å². The minimum Gasteiger partial charge on any atom is -0.497 e. The highest BCUT2D eigenvalue weighted by atomic mass is 16.5. The highest BCUT2D eigenvalue weighted by Gasteiger charge is 2.51. The Balaban J connectivity index is 1.22. The first-order valence-corrected chi connectivity index (χ1v) is 10.4. The number of benzene rings is 2. The fourth-order valence-corrected chi connectivity index (χ4v) is 4.35. The first-order chi connectivity index (χ1) is 14.1. The van der Waals surface area contributed by atoms with Gasteiger partial charge in [0.2, 0.25) is 5.91 Å². The SMILES string of the molecule is COc1ccc(CCC(=O)N2CC3(CC(N(C)Cc4ccccc4)CO3)C2)cc1. The highest BCUT2D eigenvalue weighted by Crippen LogP contribution is 2.37. The number of rotatable bonds is 7. The third kappa shape index (κ3) is 4.62. The number of likely N-dealkylation sites (tertiary alicyclic amines) is 1. The lowest BCUT2D eigenvalue weighted by Crippen LogP contribution is -2.63. The molecular weight excluding hydrogens is 364 g/mol. The van der Waals surface area contributed by atoms with Crippen molar-refractivity contribution in [1.29, 1.82) is 0 Å². The van der Waals surface area contributed by atoms with Gasteiger partial charge >= 0.3 is 0 Å². The van der Waals surface area contributed by atoms with Crippen LogP contribution in [0.1, 0.15) is 24.0 Å². The summed E-state index contributed by atoms with van der Waals surface area (Å²) in [7, 11) is 3.82. The van der Waals surface area contributed by atoms with Crippen molar-refractivity contribution in [2.75, 3.05) is 33.9 Å². The molecule has 2 aromatic carbocycles. The second-order valence-corrected chi connectivity index (χ2v) is 8.35. The quantitative estimate of drug-likeness (QED) is 0.724. The molecule has 0 aromatic heterocycles. The van der Waals surface area contributed by atoms with E-state index in [-0.39, 0.29) is 11.5 Å². The van der Waals surface area contributed by atoms with Crippen molar-refractivity contribution in [3.63, 3.8) is 0 Å². The average molecular weight is 395 g/mol. The molecule has 5 nitrogen and oxygen atoms in total. The molecule has 0 N–H and O–H groups in total. The van der Waals surface area contributed by atoms with Gasteiger partial charge < -0.3 is 14.4 Å². The Labute approximate surface area is 173 Å². The lowest BCUT2D eigenvalue weighted by atomic mass is 9.88. The monoisotopic (exact) mass is 394 g/mol. The third-order valence-electron chi connectivity index (χ3n) is 6.19. The zero-order chi connectivity index (χ0) is 20.3. The van der Waals surface area contributed by atoms with Gasteiger partial charge in [0.25, 0.3) is 0 Å². The number of amides is 1. The summed E-state index contributed by atoms with van der Waals surface area (Å²) >= 11 is 0. The van der Waals surface area contributed by atoms with E-state index in [0.717, 1.165) is 50.4 Å². The summed E-state index contributed by atoms with van der Waals surface area (Å²) in [6.07, 6.45) is 2.30. The molecule has 2 saturated heterocycles. The van der Waals surface area contributed by atoms with Crippen LogP contribution in [0.25, 0.3) is 0 Å². The van der Waals surface area contributed by atoms with Crippen LogP contribution in [0, 0.1) is 0 Å². The Kier molecular flexibility index (Phi) is 5.88. The number of hydrogen-bond donors (Lipinski definition) is 0. The maximum absolute atomic E-state index is 12.6. The standard InChI is InChI=1S/C24H30N2O3/c1-25(15-20-6-4-3-5-7-20)21-14-24(29-16-21)17-26(18-24)23(27)13-10-19-8-11-22(28-2)12-9-19/h3-9,11-12,21H,10,13-18H2,1-2H3. The number of methoxy groups -OCH3 is 1. The summed E-state index contributed by atoms with van der Waals surface area (Å²) in [5.74, 6) is 1.06. The Morgan fingerprint density at radius 2 is 1.86 bits per heavy atom. The molecular formula is C24H30N2O3. The van der Waals surface area contributed by atoms with Gasteiger partial charge in [0.05, 0.1) is 26.8 Å². The summed E-state index contributed by atoms with van der Waals surface area (Å²) < 4.78 is 11.3. The summed E-state index contributed by atoms with van der Waals surface area (Å²) in [6.45, 7) is 3.13. The van der Waals surface area contributed by atoms with E-state index in [2.05, 4.69) is 36.2 Å². The van der Waals surface area contributed by atoms with Crippen LogP contribution in [0.2, 0.25) is 0 Å². The molecule has 29 heavy (non-hydrogen) atoms. The van der Waals surface area contributed by atoms with Gasteiger partial charge in [-0.05, 0) is 43.1 Å². The zero-order valence-corrected chi connectivity index (χ0v) is 17.3. The zero-order valence-electron chi connectivity index (χ0n) is 17.3. The molecule has 2 fully saturated rings. The summed E-state index contributed by atoms with van der Waals surface area (Å²) in [5, 5.41) is 0. The molecule has 2 heterocycles. The molecule has 0 radical (unpaired) electrons. The molecule has 2 aliphatic heterocycles. The molecule has 1 amide bonds. The van der Waals surface area contributed by atoms with Gasteiger partial charge in [0.15, 0.2) is 0 Å². The molecule has 0 aliphatic carbocycles. The number of likely N-dealkylation sites (N-methyl/N-ethyl adjacent to an activating group) is 1. The van der Waals surface area contributed by atoms with E-state index in [0.29, 0.717) is 12.5 Å². The van der Waals surface area contributed by atoms with Gasteiger partial charge in [0, 0.05) is 19.0 Å². The fraction of sp³-hybridized carbons (Fsp3) is 0.458. The third-order valence-corrected chi connectivity index (χ3v) is 6.19. The van der Waals surface area contributed by atoms with E-state index in [1.165, 1.54) is 5.56 Å². The van der Waals surface area contributed by atoms with Gasteiger partial charge in [0.1, 0.15) is 11.4 Å². The van der Waals surface area contributed by atoms with Gasteiger partial charge in [-0.2, -0.15) is 0 Å². The van der Waals surface area contributed by atoms with Crippen molar-refractivity contribution >= 4 is 5.91 Å². The molecule has 1 spiro atoms. The van der Waals surface area contributed by atoms with E-state index >= 15 is 0 Å². The molecule has 4 rings (SSSR count). The molecule has 0 saturated carbocycles. The number of carbonyl (C=O) groups excluding carboxylic acids is 1. The maximum atomic E-state index is 12.6. The van der Waals surface area contributed by atoms with Crippen LogP contribution in [-0.4, -0.2) is 61.2 Å². The van der Waals surface area contributed by atoms with Gasteiger partial charge in [-0.15, -0.1) is 0 Å². The van der Waals surface area contributed by atoms with Crippen molar-refractivity contribution in [3.8, 4) is 5.75 Å². The first kappa shape index (κ1) is 19.9. The molecule has 1 atom stereocenters. The predicted octanol–water partition coefficient (Wildman–Crippen LogP) is 3.13. The normalized spacial score (nSPS) is 20.1. The topological polar surface area (TPSA) is 42.0 Å². The van der Waals surface area contributed by atoms with Crippen LogP contribution in [-0.2, 0) is 22.5 Å². The molecule has 0 bridgehead atoms. The minimum absolute atomic E-state index is 0.134. The summed E-state index contributed by atoms with van der Waals surface area (Å²) in [5.41, 5.74) is 2.35. The lowest BCUT2D eigenvalue weighted by Gasteiger charge is -2.47. The molecule has 2 aliphatic rings. The van der Waals surface area contributed by atoms with Crippen LogP contribution in [0.5, 0.6) is 5.75 Å². The van der Waals surface area contributed by atoms with E-state index in [9.17, 15) is 4.79 Å². The fourth-order valence-electron chi connectivity index (χ4n) is 4.35. The van der Waals surface area contributed by atoms with Gasteiger partial charge in [-0.3, -0.25) is 9.69 Å². The van der Waals surface area contributed by atoms with Crippen LogP contribution in [0.3, 0.4) is 0 Å². The van der Waals surface area contributed by atoms with Crippen LogP contribution in [0.15, 0.2) is 54.6 Å². The summed E-state index contributed by atoms with van der Waals surface area (Å²) in [4.78, 5) is 16.9. The number of aryl methyl sites for hydroxylation is 1. The Morgan fingerprint density at radius 3 is 2.55 bits per heavy atom. The highest BCUT2D eigenvalue weighted by molar-refractivity contribution is 5.77. The average Bonchev–Trinajstić information content (AvgIpc) is 3.18. The Hall–Kier alpha value is -2.37. The molecule has 5 heteroatoms. The van der Waals surface area contributed by atoms with Crippen molar-refractivity contribution in [2.45, 2.75) is 37.5 Å². The van der Waals surface area contributed by atoms with Gasteiger partial charge in [-0.25, -0.2) is 0 Å². The van der Waals surface area contributed by atoms with E-state index in [4.69, 9.17) is 9.47 Å². The van der Waals surface area contributed by atoms with Crippen molar-refractivity contribution in [1.82, 2.24) is 9.80 Å². The number of hydrogen-bond acceptors (Lipinski definition) is 4. The summed E-state index contributed by atoms with van der Waals surface area (Å²) in [6, 6.07) is 18.9. The van der Waals surface area contributed by atoms with Crippen molar-refractivity contribution in [2.24, 2.45) is 0 Å². The van der Waals surface area contributed by atoms with Crippen LogP contribution < -0.4 is 4.74 Å². The van der Waals surface area contributed by atoms with Crippen LogP contribution >= 0.6 is 0 Å². The molecule has 2 aromatic rings. The second kappa shape index (κ2) is 8.56. The van der Waals surface area contributed by atoms with Gasteiger partial charge in [-0.1, -0.05) is 42.5 Å². The number of nitrogens with zero attached hydrogens (tertiary/aromatic N) is 2. The predicted molar refractivity (Wildman–Crippen MR) is 113 cm³/mol. The van der Waals surface area contributed by atoms with E-state index < -0.39 is 0 Å². The first-order valence-electron chi connectivity index (χ1n) is 10.4. The number of ether oxygens (including phenoxy) is 2. The molecule has 154 valence electrons. The van der Waals surface area contributed by atoms with Crippen molar-refractivity contribution < 1.29 is 14.3 Å².